The van der Waals surface area contributed by atoms with E-state index in [2.05, 4.69) is 0 Å². The van der Waals surface area contributed by atoms with E-state index in [0.717, 1.165) is 18.2 Å². The van der Waals surface area contributed by atoms with Gasteiger partial charge in [-0.2, -0.15) is 0 Å². The first kappa shape index (κ1) is 11.8. The lowest BCUT2D eigenvalue weighted by atomic mass is 10.1. The molecule has 1 aromatic heterocycles. The number of fused-ring (bicyclic) bond motifs is 1. The number of carboxylic acids is 1. The quantitative estimate of drug-likeness (QED) is 0.614. The number of hydrogen-bond acceptors (Lipinski definition) is 5. The number of phenols is 1. The van der Waals surface area contributed by atoms with Crippen LogP contribution in [0, 0.1) is 0 Å². The van der Waals surface area contributed by atoms with Gasteiger partial charge in [-0.15, -0.1) is 0 Å². The van der Waals surface area contributed by atoms with E-state index < -0.39 is 17.4 Å². The standard InChI is InChI=1S/C12H8O6/c1-5(13)7-4-8-9(11(15)16)2-6(14)3-10(8)18-12(7)17/h2-4,14H,1H3,(H,15,16). The summed E-state index contributed by atoms with van der Waals surface area (Å²) in [5.41, 5.74) is -1.41. The van der Waals surface area contributed by atoms with E-state index in [1.54, 1.807) is 0 Å². The van der Waals surface area contributed by atoms with E-state index in [0.29, 0.717) is 0 Å². The Kier molecular flexibility index (Phi) is 2.63. The van der Waals surface area contributed by atoms with Gasteiger partial charge in [0.15, 0.2) is 5.78 Å². The van der Waals surface area contributed by atoms with Gasteiger partial charge in [0, 0.05) is 11.5 Å². The second-order valence-electron chi connectivity index (χ2n) is 3.71. The SMILES string of the molecule is CC(=O)c1cc2c(C(=O)O)cc(O)cc2oc1=O. The maximum absolute atomic E-state index is 11.5. The Morgan fingerprint density at radius 3 is 2.39 bits per heavy atom. The Hall–Kier alpha value is -2.63. The number of carbonyl (C=O) groups excluding carboxylic acids is 1. The number of Topliss-reactive ketones (excluding diaryl/α,β-unsaturated/α-hetero) is 1. The monoisotopic (exact) mass is 248 g/mol. The molecule has 1 heterocycles. The molecule has 0 aliphatic rings. The normalized spacial score (nSPS) is 10.5. The molecule has 0 aliphatic carbocycles. The number of ketones is 1. The van der Waals surface area contributed by atoms with E-state index in [1.165, 1.54) is 6.92 Å². The van der Waals surface area contributed by atoms with Crippen molar-refractivity contribution in [2.75, 3.05) is 0 Å². The Bertz CT molecular complexity index is 725. The van der Waals surface area contributed by atoms with Crippen LogP contribution in [0.5, 0.6) is 5.75 Å². The van der Waals surface area contributed by atoms with Gasteiger partial charge in [-0.05, 0) is 19.1 Å². The van der Waals surface area contributed by atoms with Crippen LogP contribution in [-0.4, -0.2) is 22.0 Å². The van der Waals surface area contributed by atoms with E-state index in [9.17, 15) is 19.5 Å². The van der Waals surface area contributed by atoms with Crippen molar-refractivity contribution in [3.05, 3.63) is 39.7 Å². The zero-order valence-electron chi connectivity index (χ0n) is 9.26. The summed E-state index contributed by atoms with van der Waals surface area (Å²) >= 11 is 0. The highest BCUT2D eigenvalue weighted by Gasteiger charge is 2.16. The average Bonchev–Trinajstić information content (AvgIpc) is 2.26. The van der Waals surface area contributed by atoms with Crippen LogP contribution in [-0.2, 0) is 0 Å². The van der Waals surface area contributed by atoms with Crippen molar-refractivity contribution in [2.24, 2.45) is 0 Å². The molecule has 6 heteroatoms. The molecule has 0 unspecified atom stereocenters. The van der Waals surface area contributed by atoms with Crippen molar-refractivity contribution in [3.8, 4) is 5.75 Å². The molecule has 2 rings (SSSR count). The summed E-state index contributed by atoms with van der Waals surface area (Å²) in [6, 6.07) is 3.30. The number of phenolic OH excluding ortho intramolecular Hbond substituents is 1. The minimum atomic E-state index is -1.29. The Labute approximate surface area is 100 Å². The van der Waals surface area contributed by atoms with Crippen molar-refractivity contribution < 1.29 is 24.2 Å². The maximum Gasteiger partial charge on any atom is 0.347 e. The van der Waals surface area contributed by atoms with Gasteiger partial charge in [0.2, 0.25) is 0 Å². The molecule has 0 saturated carbocycles. The molecule has 0 aliphatic heterocycles. The fraction of sp³-hybridized carbons (Fsp3) is 0.0833. The minimum absolute atomic E-state index is 0.0811. The second-order valence-corrected chi connectivity index (χ2v) is 3.71. The summed E-state index contributed by atoms with van der Waals surface area (Å²) in [5.74, 6) is -2.15. The molecule has 92 valence electrons. The molecule has 0 radical (unpaired) electrons. The van der Waals surface area contributed by atoms with Gasteiger partial charge in [-0.3, -0.25) is 4.79 Å². The molecule has 6 nitrogen and oxygen atoms in total. The number of hydrogen-bond donors (Lipinski definition) is 2. The first-order valence-corrected chi connectivity index (χ1v) is 4.95. The van der Waals surface area contributed by atoms with Crippen LogP contribution in [0.4, 0.5) is 0 Å². The molecular weight excluding hydrogens is 240 g/mol. The lowest BCUT2D eigenvalue weighted by molar-refractivity contribution is 0.0698. The van der Waals surface area contributed by atoms with Gasteiger partial charge in [-0.25, -0.2) is 9.59 Å². The molecule has 0 fully saturated rings. The lowest BCUT2D eigenvalue weighted by Crippen LogP contribution is -2.12. The van der Waals surface area contributed by atoms with Crippen molar-refractivity contribution in [2.45, 2.75) is 6.92 Å². The molecule has 2 N–H and O–H groups in total. The van der Waals surface area contributed by atoms with Crippen LogP contribution in [0.25, 0.3) is 11.0 Å². The summed E-state index contributed by atoms with van der Waals surface area (Å²) in [6.07, 6.45) is 0. The van der Waals surface area contributed by atoms with Crippen LogP contribution in [0.3, 0.4) is 0 Å². The maximum atomic E-state index is 11.5. The van der Waals surface area contributed by atoms with E-state index in [4.69, 9.17) is 9.52 Å². The van der Waals surface area contributed by atoms with E-state index in [-0.39, 0.29) is 27.8 Å². The lowest BCUT2D eigenvalue weighted by Gasteiger charge is -2.04. The summed E-state index contributed by atoms with van der Waals surface area (Å²) < 4.78 is 4.83. The van der Waals surface area contributed by atoms with Crippen LogP contribution in [0.1, 0.15) is 27.6 Å². The van der Waals surface area contributed by atoms with Gasteiger partial charge in [-0.1, -0.05) is 0 Å². The first-order valence-electron chi connectivity index (χ1n) is 4.95. The smallest absolute Gasteiger partial charge is 0.347 e. The number of carbonyl (C=O) groups is 2. The fourth-order valence-electron chi connectivity index (χ4n) is 1.63. The van der Waals surface area contributed by atoms with Crippen LogP contribution in [0.2, 0.25) is 0 Å². The minimum Gasteiger partial charge on any atom is -0.508 e. The van der Waals surface area contributed by atoms with Gasteiger partial charge in [0.05, 0.1) is 5.56 Å². The number of carboxylic acid groups (broad SMARTS) is 1. The van der Waals surface area contributed by atoms with E-state index >= 15 is 0 Å². The van der Waals surface area contributed by atoms with Gasteiger partial charge in [0.1, 0.15) is 16.9 Å². The van der Waals surface area contributed by atoms with Crippen molar-refractivity contribution in [1.82, 2.24) is 0 Å². The Morgan fingerprint density at radius 1 is 1.17 bits per heavy atom. The molecule has 0 atom stereocenters. The van der Waals surface area contributed by atoms with Gasteiger partial charge < -0.3 is 14.6 Å². The predicted molar refractivity (Wildman–Crippen MR) is 61.1 cm³/mol. The summed E-state index contributed by atoms with van der Waals surface area (Å²) in [5, 5.41) is 18.4. The molecule has 0 amide bonds. The topological polar surface area (TPSA) is 105 Å². The van der Waals surface area contributed by atoms with E-state index in [1.807, 2.05) is 0 Å². The summed E-state index contributed by atoms with van der Waals surface area (Å²) in [4.78, 5) is 33.7. The molecule has 2 aromatic rings. The molecular formula is C12H8O6. The molecule has 18 heavy (non-hydrogen) atoms. The zero-order chi connectivity index (χ0) is 13.4. The van der Waals surface area contributed by atoms with Gasteiger partial charge in [0.25, 0.3) is 0 Å². The van der Waals surface area contributed by atoms with Gasteiger partial charge >= 0.3 is 11.6 Å². The third-order valence-electron chi connectivity index (χ3n) is 2.45. The molecule has 0 spiro atoms. The predicted octanol–water partition coefficient (Wildman–Crippen LogP) is 1.40. The largest absolute Gasteiger partial charge is 0.508 e. The highest BCUT2D eigenvalue weighted by molar-refractivity contribution is 6.05. The van der Waals surface area contributed by atoms with Crippen LogP contribution >= 0.6 is 0 Å². The first-order chi connectivity index (χ1) is 8.40. The average molecular weight is 248 g/mol. The third-order valence-corrected chi connectivity index (χ3v) is 2.45. The highest BCUT2D eigenvalue weighted by Crippen LogP contribution is 2.24. The summed E-state index contributed by atoms with van der Waals surface area (Å²) in [7, 11) is 0. The molecule has 0 saturated heterocycles. The molecule has 1 aromatic carbocycles. The zero-order valence-corrected chi connectivity index (χ0v) is 9.26. The van der Waals surface area contributed by atoms with Crippen molar-refractivity contribution in [3.63, 3.8) is 0 Å². The Morgan fingerprint density at radius 2 is 1.83 bits per heavy atom. The van der Waals surface area contributed by atoms with Crippen LogP contribution in [0.15, 0.2) is 27.4 Å². The summed E-state index contributed by atoms with van der Waals surface area (Å²) in [6.45, 7) is 1.18. The second kappa shape index (κ2) is 3.99. The highest BCUT2D eigenvalue weighted by atomic mass is 16.4. The number of aromatic hydroxyl groups is 1. The fourth-order valence-corrected chi connectivity index (χ4v) is 1.63. The number of rotatable bonds is 2. The Balaban J connectivity index is 2.94. The van der Waals surface area contributed by atoms with Crippen molar-refractivity contribution in [1.29, 1.82) is 0 Å². The van der Waals surface area contributed by atoms with Crippen LogP contribution < -0.4 is 5.63 Å². The third kappa shape index (κ3) is 1.84. The number of benzene rings is 1. The van der Waals surface area contributed by atoms with Crippen molar-refractivity contribution >= 4 is 22.7 Å². The molecule has 0 bridgehead atoms. The number of aromatic carboxylic acids is 1.